The van der Waals surface area contributed by atoms with Crippen molar-refractivity contribution in [1.82, 2.24) is 5.32 Å². The molecule has 1 spiro atoms. The Morgan fingerprint density at radius 2 is 2.17 bits per heavy atom. The Kier molecular flexibility index (Phi) is 3.25. The van der Waals surface area contributed by atoms with Crippen LogP contribution in [0.4, 0.5) is 5.69 Å². The number of carbonyl (C=O) groups excluding carboxylic acids is 2. The number of hydrogen-bond acceptors (Lipinski definition) is 4. The molecule has 2 fully saturated rings. The minimum absolute atomic E-state index is 0.0767. The number of hydrogen-bond donors (Lipinski definition) is 2. The van der Waals surface area contributed by atoms with E-state index in [2.05, 4.69) is 5.32 Å². The molecule has 120 valence electrons. The Morgan fingerprint density at radius 3 is 2.91 bits per heavy atom. The molecular weight excluding hydrogens is 296 g/mol. The van der Waals surface area contributed by atoms with Crippen LogP contribution in [-0.4, -0.2) is 48.3 Å². The van der Waals surface area contributed by atoms with Gasteiger partial charge in [0.15, 0.2) is 0 Å². The van der Waals surface area contributed by atoms with Crippen LogP contribution in [0.1, 0.15) is 0 Å². The Morgan fingerprint density at radius 1 is 1.39 bits per heavy atom. The lowest BCUT2D eigenvalue weighted by Gasteiger charge is -2.23. The summed E-state index contributed by atoms with van der Waals surface area (Å²) in [6.07, 6.45) is 3.45. The summed E-state index contributed by atoms with van der Waals surface area (Å²) in [5, 5.41) is 11.6. The normalized spacial score (nSPS) is 34.0. The monoisotopic (exact) mass is 314 g/mol. The highest BCUT2D eigenvalue weighted by Crippen LogP contribution is 2.52. The fourth-order valence-electron chi connectivity index (χ4n) is 3.92. The molecule has 0 aromatic heterocycles. The molecule has 2 N–H and O–H groups in total. The molecule has 6 heteroatoms. The number of anilines is 1. The first-order valence-corrected chi connectivity index (χ1v) is 7.78. The summed E-state index contributed by atoms with van der Waals surface area (Å²) in [6.45, 7) is 0.485. The van der Waals surface area contributed by atoms with Crippen molar-refractivity contribution < 1.29 is 19.4 Å². The summed E-state index contributed by atoms with van der Waals surface area (Å²) in [4.78, 5) is 27.1. The third-order valence-electron chi connectivity index (χ3n) is 4.88. The summed E-state index contributed by atoms with van der Waals surface area (Å²) in [5.74, 6) is -1.35. The van der Waals surface area contributed by atoms with Gasteiger partial charge in [0, 0.05) is 12.2 Å². The highest BCUT2D eigenvalue weighted by atomic mass is 16.5. The molecule has 2 bridgehead atoms. The molecule has 6 nitrogen and oxygen atoms in total. The van der Waals surface area contributed by atoms with Gasteiger partial charge >= 0.3 is 0 Å². The lowest BCUT2D eigenvalue weighted by Crippen LogP contribution is -2.44. The smallest absolute Gasteiger partial charge is 0.234 e. The highest BCUT2D eigenvalue weighted by Gasteiger charge is 2.66. The second kappa shape index (κ2) is 5.18. The van der Waals surface area contributed by atoms with Crippen molar-refractivity contribution in [2.45, 2.75) is 11.7 Å². The fourth-order valence-corrected chi connectivity index (χ4v) is 3.92. The lowest BCUT2D eigenvalue weighted by molar-refractivity contribution is -0.132. The van der Waals surface area contributed by atoms with E-state index in [1.165, 1.54) is 0 Å². The van der Waals surface area contributed by atoms with Crippen molar-refractivity contribution in [2.24, 2.45) is 11.8 Å². The molecular formula is C17H18N2O4. The number of nitrogens with zero attached hydrogens (tertiary/aromatic N) is 1. The van der Waals surface area contributed by atoms with E-state index >= 15 is 0 Å². The molecule has 0 unspecified atom stereocenters. The predicted molar refractivity (Wildman–Crippen MR) is 82.6 cm³/mol. The maximum Gasteiger partial charge on any atom is 0.234 e. The van der Waals surface area contributed by atoms with Crippen LogP contribution in [-0.2, 0) is 14.3 Å². The van der Waals surface area contributed by atoms with Gasteiger partial charge in [0.25, 0.3) is 0 Å². The molecule has 2 saturated heterocycles. The third-order valence-corrected chi connectivity index (χ3v) is 4.88. The van der Waals surface area contributed by atoms with E-state index in [1.807, 2.05) is 42.5 Å². The van der Waals surface area contributed by atoms with Crippen molar-refractivity contribution in [1.29, 1.82) is 0 Å². The zero-order chi connectivity index (χ0) is 16.0. The molecule has 1 aromatic carbocycles. The first kappa shape index (κ1) is 14.4. The van der Waals surface area contributed by atoms with Gasteiger partial charge in [0.2, 0.25) is 11.8 Å². The summed E-state index contributed by atoms with van der Waals surface area (Å²) in [5.41, 5.74) is 0.106. The van der Waals surface area contributed by atoms with Crippen LogP contribution in [0, 0.1) is 11.8 Å². The van der Waals surface area contributed by atoms with Crippen molar-refractivity contribution in [3.8, 4) is 0 Å². The van der Waals surface area contributed by atoms with Gasteiger partial charge in [0.05, 0.1) is 31.1 Å². The second-order valence-corrected chi connectivity index (χ2v) is 6.17. The molecule has 3 aliphatic rings. The zero-order valence-electron chi connectivity index (χ0n) is 12.5. The van der Waals surface area contributed by atoms with Gasteiger partial charge in [-0.1, -0.05) is 30.4 Å². The Bertz CT molecular complexity index is 674. The number of ether oxygens (including phenoxy) is 1. The Labute approximate surface area is 133 Å². The maximum atomic E-state index is 12.9. The first-order valence-electron chi connectivity index (χ1n) is 7.78. The maximum absolute atomic E-state index is 12.9. The van der Waals surface area contributed by atoms with E-state index in [9.17, 15) is 9.59 Å². The van der Waals surface area contributed by atoms with Crippen LogP contribution >= 0.6 is 0 Å². The molecule has 3 aliphatic heterocycles. The molecule has 2 amide bonds. The molecule has 0 saturated carbocycles. The number of amides is 2. The van der Waals surface area contributed by atoms with Gasteiger partial charge in [0.1, 0.15) is 5.60 Å². The molecule has 0 aliphatic carbocycles. The topological polar surface area (TPSA) is 78.9 Å². The van der Waals surface area contributed by atoms with Gasteiger partial charge in [-0.05, 0) is 12.1 Å². The molecule has 3 heterocycles. The average Bonchev–Trinajstić information content (AvgIpc) is 3.22. The van der Waals surface area contributed by atoms with E-state index in [4.69, 9.17) is 9.84 Å². The zero-order valence-corrected chi connectivity index (χ0v) is 12.5. The van der Waals surface area contributed by atoms with Crippen LogP contribution in [0.2, 0.25) is 0 Å². The van der Waals surface area contributed by atoms with Crippen molar-refractivity contribution >= 4 is 17.5 Å². The van der Waals surface area contributed by atoms with Crippen molar-refractivity contribution in [2.75, 3.05) is 24.6 Å². The number of carbonyl (C=O) groups is 2. The largest absolute Gasteiger partial charge is 0.395 e. The summed E-state index contributed by atoms with van der Waals surface area (Å²) in [6, 6.07) is 9.43. The molecule has 4 rings (SSSR count). The van der Waals surface area contributed by atoms with Crippen LogP contribution < -0.4 is 10.2 Å². The number of benzene rings is 1. The summed E-state index contributed by atoms with van der Waals surface area (Å²) in [7, 11) is 0. The predicted octanol–water partition coefficient (Wildman–Crippen LogP) is 0.0815. The number of aliphatic hydroxyl groups is 1. The molecule has 4 atom stereocenters. The first-order chi connectivity index (χ1) is 11.2. The van der Waals surface area contributed by atoms with Crippen LogP contribution in [0.15, 0.2) is 42.5 Å². The summed E-state index contributed by atoms with van der Waals surface area (Å²) < 4.78 is 6.02. The Hall–Kier alpha value is -2.18. The number of nitrogens with one attached hydrogen (secondary N) is 1. The minimum atomic E-state index is -0.710. The molecule has 23 heavy (non-hydrogen) atoms. The SMILES string of the molecule is O=C(NCCO)[C@@H]1[C@H]2C=C[C@]3(CN(c4ccccc4)C(=O)[C@@H]13)O2. The Balaban J connectivity index is 1.65. The van der Waals surface area contributed by atoms with Gasteiger partial charge in [-0.25, -0.2) is 0 Å². The summed E-state index contributed by atoms with van der Waals surface area (Å²) >= 11 is 0. The molecule has 1 aromatic rings. The van der Waals surface area contributed by atoms with Crippen molar-refractivity contribution in [3.05, 3.63) is 42.5 Å². The van der Waals surface area contributed by atoms with Crippen LogP contribution in [0.25, 0.3) is 0 Å². The average molecular weight is 314 g/mol. The second-order valence-electron chi connectivity index (χ2n) is 6.17. The van der Waals surface area contributed by atoms with Gasteiger partial charge < -0.3 is 20.1 Å². The van der Waals surface area contributed by atoms with E-state index in [1.54, 1.807) is 4.90 Å². The van der Waals surface area contributed by atoms with Crippen LogP contribution in [0.3, 0.4) is 0 Å². The minimum Gasteiger partial charge on any atom is -0.395 e. The third kappa shape index (κ3) is 2.02. The van der Waals surface area contributed by atoms with Gasteiger partial charge in [-0.3, -0.25) is 9.59 Å². The number of fused-ring (bicyclic) bond motifs is 1. The lowest BCUT2D eigenvalue weighted by atomic mass is 9.77. The number of para-hydroxylation sites is 1. The van der Waals surface area contributed by atoms with Crippen molar-refractivity contribution in [3.63, 3.8) is 0 Å². The van der Waals surface area contributed by atoms with E-state index in [0.29, 0.717) is 6.54 Å². The number of aliphatic hydroxyl groups excluding tert-OH is 1. The van der Waals surface area contributed by atoms with E-state index in [-0.39, 0.29) is 31.1 Å². The van der Waals surface area contributed by atoms with Crippen LogP contribution in [0.5, 0.6) is 0 Å². The molecule has 0 radical (unpaired) electrons. The quantitative estimate of drug-likeness (QED) is 0.772. The van der Waals surface area contributed by atoms with E-state index in [0.717, 1.165) is 5.69 Å². The van der Waals surface area contributed by atoms with Gasteiger partial charge in [-0.2, -0.15) is 0 Å². The number of rotatable bonds is 4. The fraction of sp³-hybridized carbons (Fsp3) is 0.412. The van der Waals surface area contributed by atoms with Gasteiger partial charge in [-0.15, -0.1) is 0 Å². The highest BCUT2D eigenvalue weighted by molar-refractivity contribution is 6.03. The van der Waals surface area contributed by atoms with E-state index < -0.39 is 17.4 Å². The standard InChI is InChI=1S/C17H18N2O4/c20-9-8-18-15(21)13-12-6-7-17(23-12)10-19(16(22)14(13)17)11-4-2-1-3-5-11/h1-7,12-14,20H,8-10H2,(H,18,21)/t12-,13-,14-,17-/m1/s1.